The molecule has 0 aromatic carbocycles. The lowest BCUT2D eigenvalue weighted by molar-refractivity contribution is 0.543. The monoisotopic (exact) mass is 245 g/mol. The predicted octanol–water partition coefficient (Wildman–Crippen LogP) is 3.41. The fraction of sp³-hybridized carbons (Fsp3) is 0.600. The topological polar surface area (TPSA) is 37.8 Å². The molecule has 0 fully saturated rings. The quantitative estimate of drug-likeness (QED) is 0.808. The van der Waals surface area contributed by atoms with Gasteiger partial charge in [0.1, 0.15) is 5.82 Å². The summed E-state index contributed by atoms with van der Waals surface area (Å²) in [6.45, 7) is 3.21. The summed E-state index contributed by atoms with van der Waals surface area (Å²) in [4.78, 5) is 8.85. The minimum atomic E-state index is 0.212. The van der Waals surface area contributed by atoms with Crippen molar-refractivity contribution in [1.82, 2.24) is 15.3 Å². The lowest BCUT2D eigenvalue weighted by Gasteiger charge is -2.20. The maximum absolute atomic E-state index is 4.42. The Balaban J connectivity index is 2.16. The van der Waals surface area contributed by atoms with Gasteiger partial charge < -0.3 is 5.32 Å². The molecule has 0 spiro atoms. The van der Waals surface area contributed by atoms with Crippen LogP contribution in [0.5, 0.6) is 0 Å². The van der Waals surface area contributed by atoms with Crippen LogP contribution in [0.3, 0.4) is 0 Å². The Bertz CT molecular complexity index is 373. The third-order valence-electron chi connectivity index (χ3n) is 3.39. The van der Waals surface area contributed by atoms with Crippen molar-refractivity contribution in [2.24, 2.45) is 0 Å². The van der Waals surface area contributed by atoms with Crippen molar-refractivity contribution in [1.29, 1.82) is 0 Å². The summed E-state index contributed by atoms with van der Waals surface area (Å²) >= 11 is 0. The summed E-state index contributed by atoms with van der Waals surface area (Å²) in [6, 6.07) is 2.09. The standard InChI is InChI=1S/C15H23N3/c1-2-10-16-14(15-17-11-7-12-18-15)13-8-5-3-4-6-9-13/h7-8,11-12,14,16H,2-6,9-10H2,1H3. The molecule has 1 aromatic heterocycles. The first-order valence-corrected chi connectivity index (χ1v) is 7.11. The molecule has 1 atom stereocenters. The third kappa shape index (κ3) is 3.64. The number of hydrogen-bond donors (Lipinski definition) is 1. The van der Waals surface area contributed by atoms with Crippen LogP contribution in [0.15, 0.2) is 30.1 Å². The Labute approximate surface area is 110 Å². The maximum Gasteiger partial charge on any atom is 0.149 e. The van der Waals surface area contributed by atoms with Gasteiger partial charge in [-0.15, -0.1) is 0 Å². The zero-order valence-corrected chi connectivity index (χ0v) is 11.2. The molecule has 1 aromatic rings. The summed E-state index contributed by atoms with van der Waals surface area (Å²) in [5.74, 6) is 0.916. The molecule has 1 unspecified atom stereocenters. The number of hydrogen-bond acceptors (Lipinski definition) is 3. The van der Waals surface area contributed by atoms with E-state index in [4.69, 9.17) is 0 Å². The van der Waals surface area contributed by atoms with E-state index in [2.05, 4.69) is 28.3 Å². The van der Waals surface area contributed by atoms with Gasteiger partial charge in [-0.05, 0) is 50.3 Å². The van der Waals surface area contributed by atoms with Crippen LogP contribution in [0.2, 0.25) is 0 Å². The van der Waals surface area contributed by atoms with Gasteiger partial charge in [0.2, 0.25) is 0 Å². The van der Waals surface area contributed by atoms with Crippen molar-refractivity contribution in [3.05, 3.63) is 35.9 Å². The minimum absolute atomic E-state index is 0.212. The van der Waals surface area contributed by atoms with Gasteiger partial charge in [0, 0.05) is 12.4 Å². The zero-order chi connectivity index (χ0) is 12.6. The molecule has 1 heterocycles. The first kappa shape index (κ1) is 13.2. The zero-order valence-electron chi connectivity index (χ0n) is 11.2. The van der Waals surface area contributed by atoms with Crippen LogP contribution in [-0.4, -0.2) is 16.5 Å². The highest BCUT2D eigenvalue weighted by molar-refractivity contribution is 5.18. The first-order valence-electron chi connectivity index (χ1n) is 7.11. The molecule has 0 amide bonds. The third-order valence-corrected chi connectivity index (χ3v) is 3.39. The van der Waals surface area contributed by atoms with Gasteiger partial charge in [-0.1, -0.05) is 19.4 Å². The number of aromatic nitrogens is 2. The number of allylic oxidation sites excluding steroid dienone is 1. The highest BCUT2D eigenvalue weighted by atomic mass is 15.0. The summed E-state index contributed by atoms with van der Waals surface area (Å²) in [5, 5.41) is 3.59. The molecule has 98 valence electrons. The van der Waals surface area contributed by atoms with Crippen LogP contribution in [0.1, 0.15) is 57.3 Å². The second kappa shape index (κ2) is 7.27. The lowest BCUT2D eigenvalue weighted by Crippen LogP contribution is -2.25. The lowest BCUT2D eigenvalue weighted by atomic mass is 10.0. The smallest absolute Gasteiger partial charge is 0.149 e. The molecular weight excluding hydrogens is 222 g/mol. The van der Waals surface area contributed by atoms with Crippen molar-refractivity contribution in [2.75, 3.05) is 6.54 Å². The average Bonchev–Trinajstić information content (AvgIpc) is 2.70. The average molecular weight is 245 g/mol. The first-order chi connectivity index (χ1) is 8.92. The largest absolute Gasteiger partial charge is 0.304 e. The second-order valence-electron chi connectivity index (χ2n) is 4.87. The Morgan fingerprint density at radius 1 is 1.22 bits per heavy atom. The van der Waals surface area contributed by atoms with E-state index < -0.39 is 0 Å². The van der Waals surface area contributed by atoms with E-state index in [1.807, 2.05) is 18.5 Å². The van der Waals surface area contributed by atoms with Gasteiger partial charge in [-0.3, -0.25) is 0 Å². The summed E-state index contributed by atoms with van der Waals surface area (Å²) in [5.41, 5.74) is 1.48. The van der Waals surface area contributed by atoms with E-state index in [0.717, 1.165) is 18.8 Å². The molecule has 0 bridgehead atoms. The molecule has 0 radical (unpaired) electrons. The Morgan fingerprint density at radius 3 is 2.83 bits per heavy atom. The van der Waals surface area contributed by atoms with Crippen LogP contribution in [-0.2, 0) is 0 Å². The molecular formula is C15H23N3. The second-order valence-corrected chi connectivity index (χ2v) is 4.87. The molecule has 1 N–H and O–H groups in total. The van der Waals surface area contributed by atoms with Gasteiger partial charge in [-0.2, -0.15) is 0 Å². The van der Waals surface area contributed by atoms with Gasteiger partial charge in [0.05, 0.1) is 6.04 Å². The normalized spacial score (nSPS) is 17.9. The van der Waals surface area contributed by atoms with Crippen LogP contribution in [0, 0.1) is 0 Å². The van der Waals surface area contributed by atoms with E-state index in [0.29, 0.717) is 0 Å². The highest BCUT2D eigenvalue weighted by Gasteiger charge is 2.18. The molecule has 18 heavy (non-hydrogen) atoms. The Kier molecular flexibility index (Phi) is 5.34. The minimum Gasteiger partial charge on any atom is -0.304 e. The van der Waals surface area contributed by atoms with Crippen molar-refractivity contribution in [3.8, 4) is 0 Å². The number of rotatable bonds is 5. The van der Waals surface area contributed by atoms with Gasteiger partial charge in [0.25, 0.3) is 0 Å². The molecule has 1 aliphatic rings. The van der Waals surface area contributed by atoms with E-state index in [9.17, 15) is 0 Å². The van der Waals surface area contributed by atoms with Crippen molar-refractivity contribution < 1.29 is 0 Å². The van der Waals surface area contributed by atoms with E-state index in [1.165, 1.54) is 37.7 Å². The molecule has 2 rings (SSSR count). The fourth-order valence-electron chi connectivity index (χ4n) is 2.44. The molecule has 3 heteroatoms. The molecule has 3 nitrogen and oxygen atoms in total. The van der Waals surface area contributed by atoms with E-state index in [-0.39, 0.29) is 6.04 Å². The highest BCUT2D eigenvalue weighted by Crippen LogP contribution is 2.27. The summed E-state index contributed by atoms with van der Waals surface area (Å²) < 4.78 is 0. The molecule has 1 aliphatic carbocycles. The van der Waals surface area contributed by atoms with E-state index >= 15 is 0 Å². The number of nitrogens with one attached hydrogen (secondary N) is 1. The van der Waals surface area contributed by atoms with E-state index in [1.54, 1.807) is 0 Å². The van der Waals surface area contributed by atoms with Crippen molar-refractivity contribution in [2.45, 2.75) is 51.5 Å². The maximum atomic E-state index is 4.42. The van der Waals surface area contributed by atoms with Crippen LogP contribution >= 0.6 is 0 Å². The van der Waals surface area contributed by atoms with Crippen LogP contribution in [0.25, 0.3) is 0 Å². The fourth-order valence-corrected chi connectivity index (χ4v) is 2.44. The predicted molar refractivity (Wildman–Crippen MR) is 74.2 cm³/mol. The molecule has 0 saturated carbocycles. The van der Waals surface area contributed by atoms with Crippen LogP contribution in [0.4, 0.5) is 0 Å². The van der Waals surface area contributed by atoms with Crippen molar-refractivity contribution >= 4 is 0 Å². The SMILES string of the molecule is CCCNC(C1=CCCCCC1)c1ncccn1. The van der Waals surface area contributed by atoms with Gasteiger partial charge in [-0.25, -0.2) is 9.97 Å². The van der Waals surface area contributed by atoms with Gasteiger partial charge >= 0.3 is 0 Å². The number of nitrogens with zero attached hydrogens (tertiary/aromatic N) is 2. The van der Waals surface area contributed by atoms with Crippen molar-refractivity contribution in [3.63, 3.8) is 0 Å². The Morgan fingerprint density at radius 2 is 2.06 bits per heavy atom. The summed E-state index contributed by atoms with van der Waals surface area (Å²) in [7, 11) is 0. The summed E-state index contributed by atoms with van der Waals surface area (Å²) in [6.07, 6.45) is 13.5. The van der Waals surface area contributed by atoms with Crippen LogP contribution < -0.4 is 5.32 Å². The molecule has 0 aliphatic heterocycles. The molecule has 0 saturated heterocycles. The van der Waals surface area contributed by atoms with Gasteiger partial charge in [0.15, 0.2) is 0 Å². The Hall–Kier alpha value is -1.22.